The maximum atomic E-state index is 13.5. The van der Waals surface area contributed by atoms with Crippen molar-refractivity contribution < 1.29 is 9.59 Å². The van der Waals surface area contributed by atoms with Crippen molar-refractivity contribution in [2.24, 2.45) is 5.41 Å². The van der Waals surface area contributed by atoms with E-state index < -0.39 is 5.41 Å². The number of benzene rings is 1. The molecule has 134 valence electrons. The molecule has 2 atom stereocenters. The zero-order chi connectivity index (χ0) is 17.6. The predicted octanol–water partition coefficient (Wildman–Crippen LogP) is 3.54. The maximum absolute atomic E-state index is 13.5. The van der Waals surface area contributed by atoms with E-state index in [4.69, 9.17) is 0 Å². The van der Waals surface area contributed by atoms with Crippen LogP contribution in [0.3, 0.4) is 0 Å². The van der Waals surface area contributed by atoms with Gasteiger partial charge in [0.15, 0.2) is 0 Å². The summed E-state index contributed by atoms with van der Waals surface area (Å²) in [6, 6.07) is 8.58. The molecule has 4 nitrogen and oxygen atoms in total. The Labute approximate surface area is 150 Å². The van der Waals surface area contributed by atoms with Crippen molar-refractivity contribution in [3.05, 3.63) is 29.8 Å². The van der Waals surface area contributed by atoms with Crippen molar-refractivity contribution in [3.8, 4) is 0 Å². The maximum Gasteiger partial charge on any atom is 0.242 e. The molecule has 1 saturated heterocycles. The van der Waals surface area contributed by atoms with Crippen LogP contribution in [0.15, 0.2) is 24.3 Å². The molecule has 3 aliphatic rings. The largest absolute Gasteiger partial charge is 0.339 e. The Kier molecular flexibility index (Phi) is 4.09. The molecule has 2 amide bonds. The van der Waals surface area contributed by atoms with E-state index in [-0.39, 0.29) is 17.9 Å². The van der Waals surface area contributed by atoms with Crippen molar-refractivity contribution in [2.45, 2.75) is 70.9 Å². The van der Waals surface area contributed by atoms with Crippen LogP contribution in [-0.2, 0) is 16.0 Å². The van der Waals surface area contributed by atoms with E-state index in [1.54, 1.807) is 0 Å². The summed E-state index contributed by atoms with van der Waals surface area (Å²) in [6.07, 6.45) is 6.63. The summed E-state index contributed by atoms with van der Waals surface area (Å²) in [5.74, 6) is 0.135. The van der Waals surface area contributed by atoms with E-state index in [0.717, 1.165) is 37.9 Å². The van der Waals surface area contributed by atoms with E-state index in [2.05, 4.69) is 19.9 Å². The van der Waals surface area contributed by atoms with E-state index in [1.165, 1.54) is 12.0 Å². The molecule has 0 bridgehead atoms. The highest BCUT2D eigenvalue weighted by molar-refractivity contribution is 6.15. The Morgan fingerprint density at radius 1 is 1.16 bits per heavy atom. The van der Waals surface area contributed by atoms with Gasteiger partial charge in [0.2, 0.25) is 11.8 Å². The van der Waals surface area contributed by atoms with Gasteiger partial charge >= 0.3 is 0 Å². The number of nitrogens with zero attached hydrogens (tertiary/aromatic N) is 2. The van der Waals surface area contributed by atoms with Crippen molar-refractivity contribution in [1.29, 1.82) is 0 Å². The van der Waals surface area contributed by atoms with Gasteiger partial charge in [0.1, 0.15) is 5.41 Å². The molecule has 1 aliphatic carbocycles. The fourth-order valence-corrected chi connectivity index (χ4v) is 4.72. The molecule has 2 fully saturated rings. The Morgan fingerprint density at radius 3 is 2.64 bits per heavy atom. The van der Waals surface area contributed by atoms with Gasteiger partial charge < -0.3 is 9.80 Å². The zero-order valence-electron chi connectivity index (χ0n) is 15.3. The van der Waals surface area contributed by atoms with Crippen molar-refractivity contribution in [2.75, 3.05) is 11.4 Å². The lowest BCUT2D eigenvalue weighted by atomic mass is 9.95. The third-order valence-electron chi connectivity index (χ3n) is 6.35. The molecule has 2 heterocycles. The predicted molar refractivity (Wildman–Crippen MR) is 98.4 cm³/mol. The Bertz CT molecular complexity index is 695. The molecule has 2 aliphatic heterocycles. The number of likely N-dealkylation sites (tertiary alicyclic amines) is 1. The lowest BCUT2D eigenvalue weighted by Gasteiger charge is -2.38. The highest BCUT2D eigenvalue weighted by Crippen LogP contribution is 2.51. The molecular weight excluding hydrogens is 312 g/mol. The quantitative estimate of drug-likeness (QED) is 0.790. The normalized spacial score (nSPS) is 27.1. The van der Waals surface area contributed by atoms with Crippen molar-refractivity contribution in [1.82, 2.24) is 4.90 Å². The van der Waals surface area contributed by atoms with Gasteiger partial charge in [0, 0.05) is 24.3 Å². The van der Waals surface area contributed by atoms with Gasteiger partial charge in [-0.3, -0.25) is 9.59 Å². The number of carbonyl (C=O) groups is 2. The van der Waals surface area contributed by atoms with Crippen molar-refractivity contribution >= 4 is 17.5 Å². The Hall–Kier alpha value is -1.84. The summed E-state index contributed by atoms with van der Waals surface area (Å²) >= 11 is 0. The minimum Gasteiger partial charge on any atom is -0.339 e. The van der Waals surface area contributed by atoms with Crippen LogP contribution in [-0.4, -0.2) is 35.3 Å². The highest BCUT2D eigenvalue weighted by atomic mass is 16.2. The summed E-state index contributed by atoms with van der Waals surface area (Å²) < 4.78 is 0. The SMILES string of the molecule is CCC1CCCCN1C(=O)C1(C(=O)N2c3ccccc3CC2C)CC1. The van der Waals surface area contributed by atoms with Gasteiger partial charge in [-0.2, -0.15) is 0 Å². The number of piperidine rings is 1. The van der Waals surface area contributed by atoms with Gasteiger partial charge in [-0.25, -0.2) is 0 Å². The van der Waals surface area contributed by atoms with Gasteiger partial charge in [0.05, 0.1) is 0 Å². The van der Waals surface area contributed by atoms with Crippen molar-refractivity contribution in [3.63, 3.8) is 0 Å². The molecule has 1 saturated carbocycles. The molecule has 0 aromatic heterocycles. The molecule has 2 unspecified atom stereocenters. The van der Waals surface area contributed by atoms with Gasteiger partial charge in [-0.15, -0.1) is 0 Å². The fraction of sp³-hybridized carbons (Fsp3) is 0.619. The lowest BCUT2D eigenvalue weighted by Crippen LogP contribution is -2.52. The Balaban J connectivity index is 1.60. The molecule has 0 spiro atoms. The minimum absolute atomic E-state index is 0.0374. The summed E-state index contributed by atoms with van der Waals surface area (Å²) in [4.78, 5) is 30.7. The number of para-hydroxylation sites is 1. The number of hydrogen-bond acceptors (Lipinski definition) is 2. The fourth-order valence-electron chi connectivity index (χ4n) is 4.72. The summed E-state index contributed by atoms with van der Waals surface area (Å²) in [6.45, 7) is 5.06. The first-order valence-corrected chi connectivity index (χ1v) is 9.81. The first-order valence-electron chi connectivity index (χ1n) is 9.81. The highest BCUT2D eigenvalue weighted by Gasteiger charge is 2.61. The lowest BCUT2D eigenvalue weighted by molar-refractivity contribution is -0.146. The van der Waals surface area contributed by atoms with Crippen LogP contribution < -0.4 is 4.90 Å². The summed E-state index contributed by atoms with van der Waals surface area (Å²) in [5, 5.41) is 0. The molecular formula is C21H28N2O2. The minimum atomic E-state index is -0.781. The third kappa shape index (κ3) is 2.57. The summed E-state index contributed by atoms with van der Waals surface area (Å²) in [7, 11) is 0. The second kappa shape index (κ2) is 6.15. The molecule has 0 N–H and O–H groups in total. The molecule has 1 aromatic carbocycles. The van der Waals surface area contributed by atoms with Crippen LogP contribution in [0.25, 0.3) is 0 Å². The number of carbonyl (C=O) groups excluding carboxylic acids is 2. The Morgan fingerprint density at radius 2 is 1.92 bits per heavy atom. The van der Waals surface area contributed by atoms with Crippen LogP contribution in [0.5, 0.6) is 0 Å². The number of rotatable bonds is 3. The van der Waals surface area contributed by atoms with Gasteiger partial charge in [0.25, 0.3) is 0 Å². The van der Waals surface area contributed by atoms with Crippen LogP contribution in [0.2, 0.25) is 0 Å². The van der Waals surface area contributed by atoms with Crippen LogP contribution in [0.1, 0.15) is 57.9 Å². The van der Waals surface area contributed by atoms with E-state index in [0.29, 0.717) is 18.9 Å². The molecule has 4 rings (SSSR count). The molecule has 25 heavy (non-hydrogen) atoms. The topological polar surface area (TPSA) is 40.6 Å². The zero-order valence-corrected chi connectivity index (χ0v) is 15.3. The number of anilines is 1. The first kappa shape index (κ1) is 16.6. The van der Waals surface area contributed by atoms with E-state index in [1.807, 2.05) is 28.0 Å². The van der Waals surface area contributed by atoms with Gasteiger partial charge in [-0.05, 0) is 63.5 Å². The number of fused-ring (bicyclic) bond motifs is 1. The smallest absolute Gasteiger partial charge is 0.242 e. The standard InChI is InChI=1S/C21H28N2O2/c1-3-17-9-6-7-13-22(17)19(24)21(11-12-21)20(25)23-15(2)14-16-8-4-5-10-18(16)23/h4-5,8,10,15,17H,3,6-7,9,11-14H2,1-2H3. The number of amides is 2. The first-order chi connectivity index (χ1) is 12.1. The monoisotopic (exact) mass is 340 g/mol. The second-order valence-corrected chi connectivity index (χ2v) is 8.00. The molecule has 0 radical (unpaired) electrons. The average molecular weight is 340 g/mol. The summed E-state index contributed by atoms with van der Waals surface area (Å²) in [5.41, 5.74) is 1.44. The molecule has 1 aromatic rings. The third-order valence-corrected chi connectivity index (χ3v) is 6.35. The van der Waals surface area contributed by atoms with Gasteiger partial charge in [-0.1, -0.05) is 25.1 Å². The second-order valence-electron chi connectivity index (χ2n) is 8.00. The molecule has 4 heteroatoms. The van der Waals surface area contributed by atoms with E-state index in [9.17, 15) is 9.59 Å². The average Bonchev–Trinajstić information content (AvgIpc) is 3.38. The number of hydrogen-bond donors (Lipinski definition) is 0. The van der Waals surface area contributed by atoms with Crippen LogP contribution in [0.4, 0.5) is 5.69 Å². The van der Waals surface area contributed by atoms with Crippen LogP contribution in [0, 0.1) is 5.41 Å². The van der Waals surface area contributed by atoms with E-state index >= 15 is 0 Å². The van der Waals surface area contributed by atoms with Crippen LogP contribution >= 0.6 is 0 Å².